The standard InChI is InChI=1S/C31H31N3O/c1-23-8-12-27(13-9-23)34-18-6-7-25-19-24(11-15-30(25)34)10-14-28-20-26(29(22-32)33-2)21-31(35-28)16-4-3-5-17-31/h8-15,19-20H,3-7,16-18,21H2,1H3. The summed E-state index contributed by atoms with van der Waals surface area (Å²) in [7, 11) is 0. The topological polar surface area (TPSA) is 40.6 Å². The molecule has 0 saturated heterocycles. The summed E-state index contributed by atoms with van der Waals surface area (Å²) in [5.41, 5.74) is 7.03. The smallest absolute Gasteiger partial charge is 0.265 e. The van der Waals surface area contributed by atoms with Gasteiger partial charge in [0.05, 0.1) is 12.6 Å². The van der Waals surface area contributed by atoms with Crippen molar-refractivity contribution in [2.45, 2.75) is 63.9 Å². The van der Waals surface area contributed by atoms with Crippen molar-refractivity contribution in [3.05, 3.63) is 99.8 Å². The van der Waals surface area contributed by atoms with Gasteiger partial charge in [-0.3, -0.25) is 0 Å². The molecule has 0 N–H and O–H groups in total. The van der Waals surface area contributed by atoms with Crippen molar-refractivity contribution in [2.75, 3.05) is 11.4 Å². The van der Waals surface area contributed by atoms with E-state index in [0.29, 0.717) is 6.42 Å². The van der Waals surface area contributed by atoms with Gasteiger partial charge in [0.2, 0.25) is 0 Å². The minimum absolute atomic E-state index is 0.189. The van der Waals surface area contributed by atoms with E-state index in [1.165, 1.54) is 28.9 Å². The minimum atomic E-state index is -0.279. The second-order valence-corrected chi connectivity index (χ2v) is 9.98. The Balaban J connectivity index is 1.42. The number of nitrogens with zero attached hydrogens (tertiary/aromatic N) is 3. The Labute approximate surface area is 208 Å². The second kappa shape index (κ2) is 9.85. The van der Waals surface area contributed by atoms with Crippen LogP contribution in [0.15, 0.2) is 71.6 Å². The van der Waals surface area contributed by atoms with Crippen LogP contribution in [0.1, 0.15) is 61.6 Å². The molecular formula is C31H31N3O. The Kier molecular flexibility index (Phi) is 6.47. The molecule has 0 unspecified atom stereocenters. The van der Waals surface area contributed by atoms with E-state index in [1.807, 2.05) is 12.2 Å². The van der Waals surface area contributed by atoms with Crippen LogP contribution in [0.4, 0.5) is 11.4 Å². The SMILES string of the molecule is [C-]#[N+]C(C#N)=C1C=C(C=Cc2ccc3c(c2)CCCN3c2ccc(C)cc2)OC2(CCCCC2)C1. The summed E-state index contributed by atoms with van der Waals surface area (Å²) in [6.07, 6.45) is 14.3. The van der Waals surface area contributed by atoms with Gasteiger partial charge < -0.3 is 9.64 Å². The molecule has 0 radical (unpaired) electrons. The summed E-state index contributed by atoms with van der Waals surface area (Å²) in [6, 6.07) is 17.5. The molecule has 0 bridgehead atoms. The molecule has 176 valence electrons. The fraction of sp³-hybridized carbons (Fsp3) is 0.355. The predicted molar refractivity (Wildman–Crippen MR) is 141 cm³/mol. The molecule has 2 heterocycles. The molecule has 3 aliphatic rings. The third-order valence-corrected chi connectivity index (χ3v) is 7.46. The number of benzene rings is 2. The largest absolute Gasteiger partial charge is 0.487 e. The first kappa shape index (κ1) is 23.0. The number of nitriles is 1. The van der Waals surface area contributed by atoms with Gasteiger partial charge >= 0.3 is 0 Å². The first-order chi connectivity index (χ1) is 17.1. The number of anilines is 2. The zero-order valence-corrected chi connectivity index (χ0v) is 20.4. The lowest BCUT2D eigenvalue weighted by molar-refractivity contribution is -0.0285. The second-order valence-electron chi connectivity index (χ2n) is 9.98. The maximum absolute atomic E-state index is 9.48. The van der Waals surface area contributed by atoms with Crippen LogP contribution in [0.2, 0.25) is 0 Å². The average Bonchev–Trinajstić information content (AvgIpc) is 2.88. The summed E-state index contributed by atoms with van der Waals surface area (Å²) in [4.78, 5) is 5.90. The predicted octanol–water partition coefficient (Wildman–Crippen LogP) is 7.80. The van der Waals surface area contributed by atoms with E-state index in [2.05, 4.69) is 71.3 Å². The molecule has 5 rings (SSSR count). The van der Waals surface area contributed by atoms with Crippen LogP contribution >= 0.6 is 0 Å². The van der Waals surface area contributed by atoms with Gasteiger partial charge in [0.15, 0.2) is 0 Å². The molecule has 2 aromatic rings. The number of rotatable bonds is 3. The average molecular weight is 462 g/mol. The molecule has 1 aliphatic carbocycles. The van der Waals surface area contributed by atoms with Gasteiger partial charge in [-0.1, -0.05) is 36.3 Å². The first-order valence-corrected chi connectivity index (χ1v) is 12.7. The molecular weight excluding hydrogens is 430 g/mol. The summed E-state index contributed by atoms with van der Waals surface area (Å²) in [5.74, 6) is 0.753. The third kappa shape index (κ3) is 4.89. The number of allylic oxidation sites excluding steroid dienone is 3. The highest BCUT2D eigenvalue weighted by Crippen LogP contribution is 2.43. The fourth-order valence-corrected chi connectivity index (χ4v) is 5.66. The van der Waals surface area contributed by atoms with Gasteiger partial charge in [-0.15, -0.1) is 0 Å². The molecule has 1 fully saturated rings. The molecule has 1 spiro atoms. The van der Waals surface area contributed by atoms with E-state index in [-0.39, 0.29) is 11.3 Å². The monoisotopic (exact) mass is 461 g/mol. The molecule has 35 heavy (non-hydrogen) atoms. The zero-order chi connectivity index (χ0) is 24.3. The van der Waals surface area contributed by atoms with Crippen LogP contribution in [0.5, 0.6) is 0 Å². The van der Waals surface area contributed by atoms with Crippen molar-refractivity contribution in [1.29, 1.82) is 5.26 Å². The number of ether oxygens (including phenoxy) is 1. The van der Waals surface area contributed by atoms with E-state index in [1.54, 1.807) is 0 Å². The molecule has 4 heteroatoms. The van der Waals surface area contributed by atoms with Crippen LogP contribution in [-0.4, -0.2) is 12.1 Å². The van der Waals surface area contributed by atoms with Crippen LogP contribution in [0.3, 0.4) is 0 Å². The van der Waals surface area contributed by atoms with Crippen molar-refractivity contribution < 1.29 is 4.74 Å². The van der Waals surface area contributed by atoms with E-state index in [4.69, 9.17) is 11.3 Å². The molecule has 0 atom stereocenters. The van der Waals surface area contributed by atoms with E-state index in [0.717, 1.165) is 62.0 Å². The lowest BCUT2D eigenvalue weighted by Crippen LogP contribution is -2.37. The maximum Gasteiger partial charge on any atom is 0.265 e. The Morgan fingerprint density at radius 3 is 2.63 bits per heavy atom. The third-order valence-electron chi connectivity index (χ3n) is 7.46. The van der Waals surface area contributed by atoms with Crippen molar-refractivity contribution in [2.24, 2.45) is 0 Å². The molecule has 2 aliphatic heterocycles. The van der Waals surface area contributed by atoms with Crippen LogP contribution in [-0.2, 0) is 11.2 Å². The van der Waals surface area contributed by atoms with E-state index >= 15 is 0 Å². The highest BCUT2D eigenvalue weighted by molar-refractivity contribution is 5.70. The van der Waals surface area contributed by atoms with Gasteiger partial charge in [-0.25, -0.2) is 10.1 Å². The summed E-state index contributed by atoms with van der Waals surface area (Å²) >= 11 is 0. The van der Waals surface area contributed by atoms with Crippen LogP contribution in [0, 0.1) is 24.8 Å². The van der Waals surface area contributed by atoms with Crippen molar-refractivity contribution in [3.63, 3.8) is 0 Å². The van der Waals surface area contributed by atoms with Crippen molar-refractivity contribution in [1.82, 2.24) is 0 Å². The highest BCUT2D eigenvalue weighted by Gasteiger charge is 2.38. The lowest BCUT2D eigenvalue weighted by atomic mass is 9.78. The lowest BCUT2D eigenvalue weighted by Gasteiger charge is -2.41. The Hall–Kier alpha value is -3.76. The number of fused-ring (bicyclic) bond motifs is 1. The van der Waals surface area contributed by atoms with Gasteiger partial charge in [0.1, 0.15) is 11.4 Å². The molecule has 1 saturated carbocycles. The normalized spacial score (nSPS) is 20.4. The van der Waals surface area contributed by atoms with Gasteiger partial charge in [0.25, 0.3) is 5.70 Å². The van der Waals surface area contributed by atoms with Crippen LogP contribution in [0.25, 0.3) is 10.9 Å². The summed E-state index contributed by atoms with van der Waals surface area (Å²) in [5, 5.41) is 9.48. The highest BCUT2D eigenvalue weighted by atomic mass is 16.5. The molecule has 0 amide bonds. The quantitative estimate of drug-likeness (QED) is 0.346. The maximum atomic E-state index is 9.48. The summed E-state index contributed by atoms with van der Waals surface area (Å²) in [6.45, 7) is 10.6. The molecule has 0 aromatic heterocycles. The van der Waals surface area contributed by atoms with Crippen molar-refractivity contribution >= 4 is 17.5 Å². The molecule has 4 nitrogen and oxygen atoms in total. The minimum Gasteiger partial charge on any atom is -0.487 e. The zero-order valence-electron chi connectivity index (χ0n) is 20.4. The van der Waals surface area contributed by atoms with Gasteiger partial charge in [0, 0.05) is 24.3 Å². The summed E-state index contributed by atoms with van der Waals surface area (Å²) < 4.78 is 6.52. The van der Waals surface area contributed by atoms with E-state index < -0.39 is 0 Å². The number of aryl methyl sites for hydroxylation is 2. The number of hydrogen-bond donors (Lipinski definition) is 0. The van der Waals surface area contributed by atoms with Crippen molar-refractivity contribution in [3.8, 4) is 6.07 Å². The fourth-order valence-electron chi connectivity index (χ4n) is 5.66. The first-order valence-electron chi connectivity index (χ1n) is 12.7. The Morgan fingerprint density at radius 1 is 1.09 bits per heavy atom. The van der Waals surface area contributed by atoms with Gasteiger partial charge in [-0.2, -0.15) is 0 Å². The number of hydrogen-bond acceptors (Lipinski definition) is 3. The van der Waals surface area contributed by atoms with Crippen LogP contribution < -0.4 is 4.90 Å². The van der Waals surface area contributed by atoms with E-state index in [9.17, 15) is 5.26 Å². The Bertz CT molecular complexity index is 1260. The van der Waals surface area contributed by atoms with Gasteiger partial charge in [-0.05, 0) is 98.6 Å². The Morgan fingerprint density at radius 2 is 1.89 bits per heavy atom. The molecule has 2 aromatic carbocycles.